The molecule has 0 unspecified atom stereocenters. The highest BCUT2D eigenvalue weighted by Gasteiger charge is 2.41. The molecular formula is C14H20N4O2S. The Hall–Kier alpha value is -1.18. The number of imidazole rings is 1. The Morgan fingerprint density at radius 2 is 2.00 bits per heavy atom. The number of hydrogen-bond donors (Lipinski definition) is 0. The number of rotatable bonds is 2. The second kappa shape index (κ2) is 4.93. The van der Waals surface area contributed by atoms with Crippen LogP contribution in [0.1, 0.15) is 25.5 Å². The van der Waals surface area contributed by atoms with Gasteiger partial charge in [-0.3, -0.25) is 0 Å². The fraction of sp³-hybridized carbons (Fsp3) is 0.714. The number of piperidine rings is 1. The van der Waals surface area contributed by atoms with Crippen molar-refractivity contribution in [3.05, 3.63) is 11.9 Å². The van der Waals surface area contributed by atoms with E-state index in [2.05, 4.69) is 21.9 Å². The average Bonchev–Trinajstić information content (AvgIpc) is 3.14. The zero-order valence-electron chi connectivity index (χ0n) is 12.4. The lowest BCUT2D eigenvalue weighted by Crippen LogP contribution is -2.44. The topological polar surface area (TPSA) is 51.9 Å². The van der Waals surface area contributed by atoms with Gasteiger partial charge in [0.1, 0.15) is 0 Å². The molecule has 2 aliphatic heterocycles. The van der Waals surface area contributed by atoms with Crippen LogP contribution in [0.15, 0.2) is 6.20 Å². The van der Waals surface area contributed by atoms with E-state index in [9.17, 15) is 0 Å². The maximum Gasteiger partial charge on any atom is 0.214 e. The molecule has 0 bridgehead atoms. The van der Waals surface area contributed by atoms with E-state index in [1.165, 1.54) is 0 Å². The van der Waals surface area contributed by atoms with Crippen LogP contribution in [0.2, 0.25) is 0 Å². The standard InChI is InChI=1S/C14H20N4O2S/c1-10-9-18-12(15-10)21-13(16-18)17-5-3-11(4-6-17)14(2)19-7-8-20-14/h9,11H,3-8H2,1-2H3. The van der Waals surface area contributed by atoms with E-state index in [0.717, 1.165) is 54.9 Å². The molecule has 0 atom stereocenters. The molecule has 2 aliphatic rings. The van der Waals surface area contributed by atoms with Crippen LogP contribution in [-0.4, -0.2) is 46.7 Å². The summed E-state index contributed by atoms with van der Waals surface area (Å²) in [6, 6.07) is 0. The lowest BCUT2D eigenvalue weighted by Gasteiger charge is -2.38. The molecule has 4 rings (SSSR count). The molecule has 0 spiro atoms. The Labute approximate surface area is 127 Å². The molecular weight excluding hydrogens is 288 g/mol. The SMILES string of the molecule is Cc1cn2nc(N3CCC(C4(C)OCCO4)CC3)sc2n1. The largest absolute Gasteiger partial charge is 0.348 e. The van der Waals surface area contributed by atoms with Crippen molar-refractivity contribution in [3.8, 4) is 0 Å². The minimum atomic E-state index is -0.374. The molecule has 0 aromatic carbocycles. The average molecular weight is 308 g/mol. The molecule has 6 nitrogen and oxygen atoms in total. The Balaban J connectivity index is 1.45. The summed E-state index contributed by atoms with van der Waals surface area (Å²) < 4.78 is 13.5. The van der Waals surface area contributed by atoms with Crippen LogP contribution >= 0.6 is 11.3 Å². The molecule has 2 fully saturated rings. The van der Waals surface area contributed by atoms with E-state index in [1.54, 1.807) is 11.3 Å². The summed E-state index contributed by atoms with van der Waals surface area (Å²) in [7, 11) is 0. The van der Waals surface area contributed by atoms with Gasteiger partial charge in [0.05, 0.1) is 25.1 Å². The second-order valence-corrected chi connectivity index (χ2v) is 6.90. The van der Waals surface area contributed by atoms with Gasteiger partial charge in [-0.25, -0.2) is 9.50 Å². The van der Waals surface area contributed by atoms with Crippen molar-refractivity contribution in [1.29, 1.82) is 0 Å². The maximum atomic E-state index is 5.80. The lowest BCUT2D eigenvalue weighted by atomic mass is 9.89. The first-order valence-electron chi connectivity index (χ1n) is 7.50. The summed E-state index contributed by atoms with van der Waals surface area (Å²) in [5.74, 6) is 0.100. The summed E-state index contributed by atoms with van der Waals surface area (Å²) in [6.07, 6.45) is 4.14. The number of aryl methyl sites for hydroxylation is 1. The van der Waals surface area contributed by atoms with Crippen LogP contribution in [0, 0.1) is 12.8 Å². The molecule has 2 aromatic rings. The van der Waals surface area contributed by atoms with E-state index >= 15 is 0 Å². The van der Waals surface area contributed by atoms with E-state index in [4.69, 9.17) is 9.47 Å². The summed E-state index contributed by atoms with van der Waals surface area (Å²) in [5.41, 5.74) is 1.02. The fourth-order valence-corrected chi connectivity index (χ4v) is 4.27. The smallest absolute Gasteiger partial charge is 0.214 e. The number of aromatic nitrogens is 3. The first-order valence-corrected chi connectivity index (χ1v) is 8.31. The maximum absolute atomic E-state index is 5.80. The van der Waals surface area contributed by atoms with Crippen molar-refractivity contribution < 1.29 is 9.47 Å². The van der Waals surface area contributed by atoms with Crippen molar-refractivity contribution in [1.82, 2.24) is 14.6 Å². The van der Waals surface area contributed by atoms with Crippen LogP contribution in [0.25, 0.3) is 4.96 Å². The van der Waals surface area contributed by atoms with Crippen molar-refractivity contribution in [2.75, 3.05) is 31.2 Å². The number of nitrogens with zero attached hydrogens (tertiary/aromatic N) is 4. The van der Waals surface area contributed by atoms with E-state index in [-0.39, 0.29) is 5.79 Å². The third kappa shape index (κ3) is 2.33. The van der Waals surface area contributed by atoms with Gasteiger partial charge < -0.3 is 14.4 Å². The predicted octanol–water partition coefficient (Wildman–Crippen LogP) is 2.08. The van der Waals surface area contributed by atoms with E-state index in [0.29, 0.717) is 5.92 Å². The summed E-state index contributed by atoms with van der Waals surface area (Å²) in [6.45, 7) is 7.53. The number of fused-ring (bicyclic) bond motifs is 1. The van der Waals surface area contributed by atoms with Gasteiger partial charge in [0, 0.05) is 19.0 Å². The van der Waals surface area contributed by atoms with Gasteiger partial charge in [-0.2, -0.15) is 0 Å². The van der Waals surface area contributed by atoms with Crippen molar-refractivity contribution in [3.63, 3.8) is 0 Å². The normalized spacial score (nSPS) is 23.2. The predicted molar refractivity (Wildman–Crippen MR) is 80.8 cm³/mol. The third-order valence-corrected chi connectivity index (χ3v) is 5.50. The summed E-state index contributed by atoms with van der Waals surface area (Å²) >= 11 is 1.66. The van der Waals surface area contributed by atoms with Crippen molar-refractivity contribution in [2.24, 2.45) is 5.92 Å². The molecule has 4 heterocycles. The molecule has 2 aromatic heterocycles. The molecule has 114 valence electrons. The molecule has 0 radical (unpaired) electrons. The first kappa shape index (κ1) is 13.5. The summed E-state index contributed by atoms with van der Waals surface area (Å²) in [5, 5.41) is 5.70. The van der Waals surface area contributed by atoms with Crippen LogP contribution < -0.4 is 4.90 Å². The monoisotopic (exact) mass is 308 g/mol. The molecule has 2 saturated heterocycles. The van der Waals surface area contributed by atoms with Crippen molar-refractivity contribution >= 4 is 21.4 Å². The lowest BCUT2D eigenvalue weighted by molar-refractivity contribution is -0.185. The quantitative estimate of drug-likeness (QED) is 0.850. The highest BCUT2D eigenvalue weighted by atomic mass is 32.1. The Bertz CT molecular complexity index is 607. The number of hydrogen-bond acceptors (Lipinski definition) is 6. The van der Waals surface area contributed by atoms with Gasteiger partial charge in [0.15, 0.2) is 5.79 Å². The van der Waals surface area contributed by atoms with Crippen molar-refractivity contribution in [2.45, 2.75) is 32.5 Å². The van der Waals surface area contributed by atoms with E-state index in [1.807, 2.05) is 17.6 Å². The number of ether oxygens (including phenoxy) is 2. The van der Waals surface area contributed by atoms with Crippen LogP contribution in [-0.2, 0) is 9.47 Å². The van der Waals surface area contributed by atoms with Gasteiger partial charge in [0.2, 0.25) is 10.1 Å². The van der Waals surface area contributed by atoms with Crippen LogP contribution in [0.5, 0.6) is 0 Å². The van der Waals surface area contributed by atoms with Crippen LogP contribution in [0.3, 0.4) is 0 Å². The molecule has 0 saturated carbocycles. The highest BCUT2D eigenvalue weighted by molar-refractivity contribution is 7.20. The van der Waals surface area contributed by atoms with E-state index < -0.39 is 0 Å². The molecule has 0 amide bonds. The first-order chi connectivity index (χ1) is 10.1. The molecule has 21 heavy (non-hydrogen) atoms. The van der Waals surface area contributed by atoms with Gasteiger partial charge in [-0.05, 0) is 26.7 Å². The summed E-state index contributed by atoms with van der Waals surface area (Å²) in [4.78, 5) is 7.79. The van der Waals surface area contributed by atoms with Gasteiger partial charge in [-0.15, -0.1) is 5.10 Å². The molecule has 0 N–H and O–H groups in total. The molecule has 0 aliphatic carbocycles. The Kier molecular flexibility index (Phi) is 3.16. The second-order valence-electron chi connectivity index (χ2n) is 5.97. The van der Waals surface area contributed by atoms with Crippen LogP contribution in [0.4, 0.5) is 5.13 Å². The zero-order valence-corrected chi connectivity index (χ0v) is 13.2. The van der Waals surface area contributed by atoms with Gasteiger partial charge >= 0.3 is 0 Å². The Morgan fingerprint density at radius 1 is 1.29 bits per heavy atom. The highest BCUT2D eigenvalue weighted by Crippen LogP contribution is 2.36. The fourth-order valence-electron chi connectivity index (χ4n) is 3.29. The van der Waals surface area contributed by atoms with Gasteiger partial charge in [-0.1, -0.05) is 11.3 Å². The Morgan fingerprint density at radius 3 is 2.67 bits per heavy atom. The third-order valence-electron chi connectivity index (χ3n) is 4.52. The molecule has 7 heteroatoms. The van der Waals surface area contributed by atoms with Gasteiger partial charge in [0.25, 0.3) is 0 Å². The number of anilines is 1. The minimum absolute atomic E-state index is 0.374. The minimum Gasteiger partial charge on any atom is -0.348 e. The zero-order chi connectivity index (χ0) is 14.4.